The van der Waals surface area contributed by atoms with Crippen LogP contribution in [0.25, 0.3) is 5.65 Å². The van der Waals surface area contributed by atoms with E-state index >= 15 is 0 Å². The molecule has 1 aliphatic heterocycles. The Hall–Kier alpha value is -2.12. The molecule has 7 nitrogen and oxygen atoms in total. The molecule has 1 saturated heterocycles. The van der Waals surface area contributed by atoms with Gasteiger partial charge < -0.3 is 15.0 Å². The summed E-state index contributed by atoms with van der Waals surface area (Å²) in [7, 11) is 0. The van der Waals surface area contributed by atoms with Gasteiger partial charge in [0.2, 0.25) is 5.91 Å². The number of carbonyl (C=O) groups is 2. The highest BCUT2D eigenvalue weighted by Crippen LogP contribution is 2.17. The Morgan fingerprint density at radius 2 is 2.09 bits per heavy atom. The number of fused-ring (bicyclic) bond motifs is 1. The Kier molecular flexibility index (Phi) is 4.49. The van der Waals surface area contributed by atoms with E-state index in [1.807, 2.05) is 6.07 Å². The van der Waals surface area contributed by atoms with Gasteiger partial charge in [0.05, 0.1) is 13.2 Å². The van der Waals surface area contributed by atoms with Crippen molar-refractivity contribution in [3.63, 3.8) is 0 Å². The van der Waals surface area contributed by atoms with Gasteiger partial charge in [-0.2, -0.15) is 0 Å². The van der Waals surface area contributed by atoms with Crippen molar-refractivity contribution in [1.29, 1.82) is 0 Å². The third-order valence-electron chi connectivity index (χ3n) is 3.74. The first-order chi connectivity index (χ1) is 11.1. The second-order valence-corrected chi connectivity index (χ2v) is 5.67. The Morgan fingerprint density at radius 1 is 1.35 bits per heavy atom. The monoisotopic (exact) mass is 336 g/mol. The lowest BCUT2D eigenvalue weighted by Crippen LogP contribution is -2.50. The van der Waals surface area contributed by atoms with Crippen LogP contribution < -0.4 is 5.32 Å². The van der Waals surface area contributed by atoms with Gasteiger partial charge in [0.15, 0.2) is 10.8 Å². The first-order valence-corrected chi connectivity index (χ1v) is 7.75. The average molecular weight is 337 g/mol. The Bertz CT molecular complexity index is 739. The molecule has 8 heteroatoms. The molecule has 0 spiro atoms. The van der Waals surface area contributed by atoms with Gasteiger partial charge in [-0.05, 0) is 19.1 Å². The number of pyridine rings is 1. The molecule has 0 radical (unpaired) electrons. The van der Waals surface area contributed by atoms with Gasteiger partial charge in [0, 0.05) is 19.3 Å². The van der Waals surface area contributed by atoms with Crippen molar-refractivity contribution in [1.82, 2.24) is 19.6 Å². The number of amides is 2. The quantitative estimate of drug-likeness (QED) is 0.906. The van der Waals surface area contributed by atoms with E-state index in [1.54, 1.807) is 34.6 Å². The molecular weight excluding hydrogens is 320 g/mol. The lowest BCUT2D eigenvalue weighted by atomic mass is 10.2. The number of hydrogen-bond donors (Lipinski definition) is 1. The van der Waals surface area contributed by atoms with Crippen LogP contribution in [-0.2, 0) is 9.53 Å². The lowest BCUT2D eigenvalue weighted by molar-refractivity contribution is -0.136. The second kappa shape index (κ2) is 6.55. The minimum Gasteiger partial charge on any atom is -0.378 e. The van der Waals surface area contributed by atoms with Crippen molar-refractivity contribution >= 4 is 29.1 Å². The first-order valence-electron chi connectivity index (χ1n) is 7.38. The van der Waals surface area contributed by atoms with Crippen molar-refractivity contribution < 1.29 is 14.3 Å². The smallest absolute Gasteiger partial charge is 0.272 e. The zero-order chi connectivity index (χ0) is 16.4. The van der Waals surface area contributed by atoms with E-state index in [4.69, 9.17) is 16.3 Å². The van der Waals surface area contributed by atoms with Crippen molar-refractivity contribution in [3.8, 4) is 0 Å². The fourth-order valence-electron chi connectivity index (χ4n) is 2.55. The number of carbonyl (C=O) groups excluding carboxylic acids is 2. The third-order valence-corrected chi connectivity index (χ3v) is 4.01. The van der Waals surface area contributed by atoms with E-state index in [0.717, 1.165) is 0 Å². The van der Waals surface area contributed by atoms with Crippen molar-refractivity contribution in [3.05, 3.63) is 35.2 Å². The van der Waals surface area contributed by atoms with Crippen LogP contribution in [0.3, 0.4) is 0 Å². The molecule has 1 N–H and O–H groups in total. The van der Waals surface area contributed by atoms with Gasteiger partial charge >= 0.3 is 0 Å². The number of nitrogens with zero attached hydrogens (tertiary/aromatic N) is 3. The number of nitrogens with one attached hydrogen (secondary N) is 1. The van der Waals surface area contributed by atoms with Crippen molar-refractivity contribution in [2.24, 2.45) is 0 Å². The predicted molar refractivity (Wildman–Crippen MR) is 84.5 cm³/mol. The van der Waals surface area contributed by atoms with Crippen LogP contribution in [0, 0.1) is 0 Å². The predicted octanol–water partition coefficient (Wildman–Crippen LogP) is 0.965. The number of halogens is 1. The molecule has 0 bridgehead atoms. The van der Waals surface area contributed by atoms with Crippen LogP contribution in [0.1, 0.15) is 17.4 Å². The van der Waals surface area contributed by atoms with Crippen LogP contribution in [0.2, 0.25) is 5.15 Å². The maximum atomic E-state index is 12.5. The SMILES string of the molecule is CC(NC(=O)c1c(Cl)nc2ccccn12)C(=O)N1CCOCC1. The van der Waals surface area contributed by atoms with Crippen molar-refractivity contribution in [2.45, 2.75) is 13.0 Å². The Balaban J connectivity index is 1.75. The number of hydrogen-bond acceptors (Lipinski definition) is 4. The maximum Gasteiger partial charge on any atom is 0.272 e. The summed E-state index contributed by atoms with van der Waals surface area (Å²) in [5.41, 5.74) is 0.804. The molecule has 3 heterocycles. The summed E-state index contributed by atoms with van der Waals surface area (Å²) in [6.07, 6.45) is 1.71. The Labute approximate surface area is 138 Å². The fraction of sp³-hybridized carbons (Fsp3) is 0.400. The van der Waals surface area contributed by atoms with Crippen LogP contribution >= 0.6 is 11.6 Å². The summed E-state index contributed by atoms with van der Waals surface area (Å²) < 4.78 is 6.82. The molecule has 2 aromatic heterocycles. The zero-order valence-corrected chi connectivity index (χ0v) is 13.4. The van der Waals surface area contributed by atoms with Gasteiger partial charge in [0.25, 0.3) is 5.91 Å². The first kappa shape index (κ1) is 15.8. The minimum atomic E-state index is -0.647. The molecule has 23 heavy (non-hydrogen) atoms. The largest absolute Gasteiger partial charge is 0.378 e. The Morgan fingerprint density at radius 3 is 2.83 bits per heavy atom. The standard InChI is InChI=1S/C15H17ClN4O3/c1-10(15(22)19-6-8-23-9-7-19)17-14(21)12-13(16)18-11-4-2-3-5-20(11)12/h2-5,10H,6-9H2,1H3,(H,17,21). The normalized spacial score (nSPS) is 16.3. The highest BCUT2D eigenvalue weighted by molar-refractivity contribution is 6.32. The highest BCUT2D eigenvalue weighted by atomic mass is 35.5. The number of morpholine rings is 1. The summed E-state index contributed by atoms with van der Waals surface area (Å²) in [6, 6.07) is 4.70. The summed E-state index contributed by atoms with van der Waals surface area (Å²) in [6.45, 7) is 3.77. The average Bonchev–Trinajstić information content (AvgIpc) is 2.90. The molecular formula is C15H17ClN4O3. The molecule has 2 aromatic rings. The van der Waals surface area contributed by atoms with Gasteiger partial charge in [-0.25, -0.2) is 4.98 Å². The van der Waals surface area contributed by atoms with E-state index in [0.29, 0.717) is 32.0 Å². The highest BCUT2D eigenvalue weighted by Gasteiger charge is 2.26. The number of rotatable bonds is 3. The summed E-state index contributed by atoms with van der Waals surface area (Å²) in [5.74, 6) is -0.561. The molecule has 1 fully saturated rings. The van der Waals surface area contributed by atoms with E-state index < -0.39 is 11.9 Å². The lowest BCUT2D eigenvalue weighted by Gasteiger charge is -2.29. The third kappa shape index (κ3) is 3.16. The van der Waals surface area contributed by atoms with Gasteiger partial charge in [-0.15, -0.1) is 0 Å². The maximum absolute atomic E-state index is 12.5. The molecule has 3 rings (SSSR count). The van der Waals surface area contributed by atoms with Crippen LogP contribution in [0.15, 0.2) is 24.4 Å². The van der Waals surface area contributed by atoms with E-state index in [-0.39, 0.29) is 16.8 Å². The molecule has 1 unspecified atom stereocenters. The zero-order valence-electron chi connectivity index (χ0n) is 12.7. The number of aromatic nitrogens is 2. The molecule has 0 aliphatic carbocycles. The fourth-order valence-corrected chi connectivity index (χ4v) is 2.82. The molecule has 122 valence electrons. The van der Waals surface area contributed by atoms with E-state index in [2.05, 4.69) is 10.3 Å². The van der Waals surface area contributed by atoms with Gasteiger partial charge in [0.1, 0.15) is 11.7 Å². The van der Waals surface area contributed by atoms with Crippen LogP contribution in [-0.4, -0.2) is 58.4 Å². The molecule has 0 saturated carbocycles. The molecule has 1 atom stereocenters. The van der Waals surface area contributed by atoms with Gasteiger partial charge in [-0.3, -0.25) is 14.0 Å². The molecule has 1 aliphatic rings. The molecule has 2 amide bonds. The van der Waals surface area contributed by atoms with Crippen LogP contribution in [0.4, 0.5) is 0 Å². The van der Waals surface area contributed by atoms with E-state index in [1.165, 1.54) is 0 Å². The van der Waals surface area contributed by atoms with Crippen molar-refractivity contribution in [2.75, 3.05) is 26.3 Å². The van der Waals surface area contributed by atoms with Gasteiger partial charge in [-0.1, -0.05) is 17.7 Å². The summed E-state index contributed by atoms with van der Waals surface area (Å²) >= 11 is 6.07. The number of ether oxygens (including phenoxy) is 1. The second-order valence-electron chi connectivity index (χ2n) is 5.31. The minimum absolute atomic E-state index is 0.111. The molecule has 0 aromatic carbocycles. The van der Waals surface area contributed by atoms with Crippen LogP contribution in [0.5, 0.6) is 0 Å². The number of imidazole rings is 1. The summed E-state index contributed by atoms with van der Waals surface area (Å²) in [5, 5.41) is 2.81. The topological polar surface area (TPSA) is 75.9 Å². The van der Waals surface area contributed by atoms with E-state index in [9.17, 15) is 9.59 Å². The summed E-state index contributed by atoms with van der Waals surface area (Å²) in [4.78, 5) is 30.7.